The Kier molecular flexibility index (Phi) is 5.84. The lowest BCUT2D eigenvalue weighted by atomic mass is 9.57. The number of benzene rings is 3. The average Bonchev–Trinajstić information content (AvgIpc) is 2.96. The van der Waals surface area contributed by atoms with E-state index in [0.29, 0.717) is 17.5 Å². The maximum atomic E-state index is 13.8. The van der Waals surface area contributed by atoms with Crippen LogP contribution in [-0.4, -0.2) is 39.0 Å². The average molecular weight is 536 g/mol. The molecule has 0 radical (unpaired) electrons. The van der Waals surface area contributed by atoms with Crippen LogP contribution in [0.3, 0.4) is 0 Å². The predicted molar refractivity (Wildman–Crippen MR) is 149 cm³/mol. The van der Waals surface area contributed by atoms with Gasteiger partial charge < -0.3 is 10.2 Å². The van der Waals surface area contributed by atoms with E-state index >= 15 is 0 Å². The number of aliphatic hydroxyl groups is 2. The van der Waals surface area contributed by atoms with Crippen molar-refractivity contribution in [1.29, 1.82) is 0 Å². The summed E-state index contributed by atoms with van der Waals surface area (Å²) in [5, 5.41) is 20.2. The predicted octanol–water partition coefficient (Wildman–Crippen LogP) is 5.35. The lowest BCUT2D eigenvalue weighted by Gasteiger charge is -2.47. The molecule has 0 fully saturated rings. The third-order valence-electron chi connectivity index (χ3n) is 10.0. The first-order chi connectivity index (χ1) is 19.3. The van der Waals surface area contributed by atoms with Gasteiger partial charge >= 0.3 is 0 Å². The van der Waals surface area contributed by atoms with Gasteiger partial charge in [0.25, 0.3) is 5.91 Å². The summed E-state index contributed by atoms with van der Waals surface area (Å²) < 4.78 is 0. The molecule has 40 heavy (non-hydrogen) atoms. The molecule has 0 saturated heterocycles. The van der Waals surface area contributed by atoms with E-state index in [4.69, 9.17) is 0 Å². The van der Waals surface area contributed by atoms with Crippen LogP contribution in [0.2, 0.25) is 0 Å². The molecule has 6 nitrogen and oxygen atoms in total. The Labute approximate surface area is 233 Å². The van der Waals surface area contributed by atoms with Crippen LogP contribution in [0.15, 0.2) is 54.6 Å². The van der Waals surface area contributed by atoms with Gasteiger partial charge in [-0.05, 0) is 83.5 Å². The van der Waals surface area contributed by atoms with Crippen molar-refractivity contribution in [1.82, 2.24) is 4.90 Å². The number of carbonyl (C=O) groups is 3. The summed E-state index contributed by atoms with van der Waals surface area (Å²) in [5.41, 5.74) is 8.74. The Bertz CT molecular complexity index is 1570. The zero-order chi connectivity index (χ0) is 27.9. The van der Waals surface area contributed by atoms with Gasteiger partial charge in [0.2, 0.25) is 5.91 Å². The highest BCUT2D eigenvalue weighted by atomic mass is 16.5. The van der Waals surface area contributed by atoms with Crippen LogP contribution < -0.4 is 0 Å². The van der Waals surface area contributed by atoms with E-state index in [1.54, 1.807) is 6.92 Å². The molecule has 3 aromatic rings. The highest BCUT2D eigenvalue weighted by Crippen LogP contribution is 2.59. The molecular formula is C34H33NO5. The molecule has 3 aromatic carbocycles. The largest absolute Gasteiger partial charge is 0.368 e. The number of hydrogen-bond donors (Lipinski definition) is 2. The first-order valence-electron chi connectivity index (χ1n) is 14.4. The summed E-state index contributed by atoms with van der Waals surface area (Å²) in [4.78, 5) is 41.8. The maximum absolute atomic E-state index is 13.8. The molecule has 0 aromatic heterocycles. The van der Waals surface area contributed by atoms with Gasteiger partial charge in [0, 0.05) is 28.9 Å². The number of rotatable bonds is 5. The molecule has 0 spiro atoms. The van der Waals surface area contributed by atoms with Crippen LogP contribution in [0, 0.1) is 5.92 Å². The van der Waals surface area contributed by atoms with Crippen molar-refractivity contribution in [3.05, 3.63) is 105 Å². The zero-order valence-electron chi connectivity index (χ0n) is 22.8. The van der Waals surface area contributed by atoms with Gasteiger partial charge in [0.1, 0.15) is 0 Å². The number of carbonyl (C=O) groups excluding carboxylic acids is 3. The number of Topliss-reactive ketones (excluding diaryl/α,β-unsaturated/α-hetero) is 1. The lowest BCUT2D eigenvalue weighted by molar-refractivity contribution is -0.131. The Morgan fingerprint density at radius 1 is 0.825 bits per heavy atom. The molecule has 204 valence electrons. The zero-order valence-corrected chi connectivity index (χ0v) is 22.8. The molecule has 4 aliphatic rings. The van der Waals surface area contributed by atoms with E-state index in [1.807, 2.05) is 49.4 Å². The SMILES string of the molecule is CC(=O)c1ccc2c3c1C(C(C)C(O)O)CCC3c1ccc3c4c1C2CCC4C(=O)N(Cc1ccccc1)C3=O. The van der Waals surface area contributed by atoms with Crippen molar-refractivity contribution in [2.24, 2.45) is 5.92 Å². The molecule has 2 amide bonds. The Morgan fingerprint density at radius 2 is 1.45 bits per heavy atom. The third-order valence-corrected chi connectivity index (χ3v) is 10.0. The molecule has 3 aliphatic carbocycles. The van der Waals surface area contributed by atoms with Crippen LogP contribution in [0.25, 0.3) is 0 Å². The van der Waals surface area contributed by atoms with Gasteiger partial charge in [-0.2, -0.15) is 0 Å². The first kappa shape index (κ1) is 25.4. The molecule has 7 rings (SSSR count). The summed E-state index contributed by atoms with van der Waals surface area (Å²) in [6.45, 7) is 3.69. The van der Waals surface area contributed by atoms with Crippen molar-refractivity contribution < 1.29 is 24.6 Å². The summed E-state index contributed by atoms with van der Waals surface area (Å²) >= 11 is 0. The topological polar surface area (TPSA) is 94.9 Å². The van der Waals surface area contributed by atoms with Gasteiger partial charge in [-0.1, -0.05) is 55.5 Å². The van der Waals surface area contributed by atoms with Gasteiger partial charge in [0.15, 0.2) is 12.1 Å². The van der Waals surface area contributed by atoms with Crippen molar-refractivity contribution in [2.75, 3.05) is 0 Å². The van der Waals surface area contributed by atoms with Crippen molar-refractivity contribution in [2.45, 2.75) is 76.0 Å². The summed E-state index contributed by atoms with van der Waals surface area (Å²) in [5.74, 6) is -1.13. The Hall–Kier alpha value is -3.61. The monoisotopic (exact) mass is 535 g/mol. The second-order valence-corrected chi connectivity index (χ2v) is 12.0. The second kappa shape index (κ2) is 9.22. The quantitative estimate of drug-likeness (QED) is 0.261. The molecule has 5 atom stereocenters. The number of ketones is 1. The summed E-state index contributed by atoms with van der Waals surface area (Å²) in [6.07, 6.45) is 1.52. The smallest absolute Gasteiger partial charge is 0.261 e. The van der Waals surface area contributed by atoms with Gasteiger partial charge in [-0.3, -0.25) is 19.3 Å². The van der Waals surface area contributed by atoms with E-state index in [0.717, 1.165) is 52.6 Å². The molecule has 2 N–H and O–H groups in total. The molecule has 6 heteroatoms. The molecule has 1 heterocycles. The van der Waals surface area contributed by atoms with Crippen LogP contribution in [-0.2, 0) is 11.3 Å². The Balaban J connectivity index is 1.39. The molecule has 1 aliphatic heterocycles. The van der Waals surface area contributed by atoms with Crippen molar-refractivity contribution in [3.63, 3.8) is 0 Å². The van der Waals surface area contributed by atoms with E-state index in [-0.39, 0.29) is 47.8 Å². The highest BCUT2D eigenvalue weighted by Gasteiger charge is 2.49. The highest BCUT2D eigenvalue weighted by molar-refractivity contribution is 6.12. The van der Waals surface area contributed by atoms with E-state index in [2.05, 4.69) is 12.1 Å². The van der Waals surface area contributed by atoms with E-state index in [1.165, 1.54) is 10.5 Å². The van der Waals surface area contributed by atoms with Gasteiger partial charge in [-0.15, -0.1) is 0 Å². The van der Waals surface area contributed by atoms with Crippen LogP contribution in [0.4, 0.5) is 0 Å². The van der Waals surface area contributed by atoms with Crippen LogP contribution >= 0.6 is 0 Å². The van der Waals surface area contributed by atoms with Crippen molar-refractivity contribution >= 4 is 17.6 Å². The fourth-order valence-corrected chi connectivity index (χ4v) is 8.17. The molecule has 5 unspecified atom stereocenters. The molecule has 0 bridgehead atoms. The van der Waals surface area contributed by atoms with Gasteiger partial charge in [0.05, 0.1) is 12.5 Å². The van der Waals surface area contributed by atoms with Crippen molar-refractivity contribution in [3.8, 4) is 0 Å². The number of nitrogens with zero attached hydrogens (tertiary/aromatic N) is 1. The summed E-state index contributed by atoms with van der Waals surface area (Å²) in [7, 11) is 0. The lowest BCUT2D eigenvalue weighted by Crippen LogP contribution is -2.46. The minimum absolute atomic E-state index is 0.0160. The minimum Gasteiger partial charge on any atom is -0.368 e. The normalized spacial score (nSPS) is 25.0. The number of imide groups is 1. The minimum atomic E-state index is -1.47. The number of fused-ring (bicyclic) bond motifs is 2. The molecule has 0 saturated carbocycles. The van der Waals surface area contributed by atoms with E-state index < -0.39 is 12.2 Å². The third kappa shape index (κ3) is 3.52. The van der Waals surface area contributed by atoms with Crippen LogP contribution in [0.5, 0.6) is 0 Å². The first-order valence-corrected chi connectivity index (χ1v) is 14.4. The summed E-state index contributed by atoms with van der Waals surface area (Å²) in [6, 6.07) is 17.6. The number of aliphatic hydroxyl groups excluding tert-OH is 1. The Morgan fingerprint density at radius 3 is 2.12 bits per heavy atom. The van der Waals surface area contributed by atoms with Gasteiger partial charge in [-0.25, -0.2) is 0 Å². The fourth-order valence-electron chi connectivity index (χ4n) is 8.17. The fraction of sp³-hybridized carbons (Fsp3) is 0.382. The second-order valence-electron chi connectivity index (χ2n) is 12.0. The number of hydrogen-bond acceptors (Lipinski definition) is 5. The van der Waals surface area contributed by atoms with E-state index in [9.17, 15) is 24.6 Å². The number of amides is 2. The van der Waals surface area contributed by atoms with Crippen LogP contribution in [0.1, 0.15) is 123 Å². The standard InChI is InChI=1S/C34H33NO5/c1-17(34(39)40)20-8-10-22-24-12-14-26-31-27(33(38)35(32(26)37)16-19-6-4-3-5-7-19)15-13-25(30(24)31)23-11-9-21(18(2)36)28(20)29(22)23/h3-7,9,11-12,14,17,20,22,25,27,34,39-40H,8,10,13,15-16H2,1-2H3. The maximum Gasteiger partial charge on any atom is 0.261 e. The molecular weight excluding hydrogens is 502 g/mol.